The number of hydrogen-bond acceptors (Lipinski definition) is 3. The molecule has 1 aromatic rings. The Morgan fingerprint density at radius 2 is 2.07 bits per heavy atom. The third kappa shape index (κ3) is 2.25. The van der Waals surface area contributed by atoms with Gasteiger partial charge in [-0.1, -0.05) is 0 Å². The van der Waals surface area contributed by atoms with Crippen molar-refractivity contribution in [3.05, 3.63) is 23.3 Å². The van der Waals surface area contributed by atoms with Crippen molar-refractivity contribution in [2.45, 2.75) is 13.8 Å². The maximum Gasteiger partial charge on any atom is 0.139 e. The molecule has 0 radical (unpaired) electrons. The first-order valence-electron chi connectivity index (χ1n) is 4.51. The Kier molecular flexibility index (Phi) is 3.51. The lowest BCUT2D eigenvalue weighted by molar-refractivity contribution is -0.106. The smallest absolute Gasteiger partial charge is 0.139 e. The fourth-order valence-corrected chi connectivity index (χ4v) is 1.35. The number of ether oxygens (including phenoxy) is 1. The van der Waals surface area contributed by atoms with E-state index in [-0.39, 0.29) is 0 Å². The molecule has 0 heterocycles. The normalized spacial score (nSPS) is 9.64. The summed E-state index contributed by atoms with van der Waals surface area (Å²) in [5, 5.41) is 3.03. The average Bonchev–Trinajstić information content (AvgIpc) is 2.18. The van der Waals surface area contributed by atoms with E-state index >= 15 is 0 Å². The highest BCUT2D eigenvalue weighted by molar-refractivity contribution is 5.63. The van der Waals surface area contributed by atoms with Crippen LogP contribution >= 0.6 is 0 Å². The standard InChI is InChI=1S/C11H15NO2/c1-8-7-11(14-3)9(2)6-10(8)12-4-5-13/h5-7,12H,4H2,1-3H3. The van der Waals surface area contributed by atoms with E-state index < -0.39 is 0 Å². The number of methoxy groups -OCH3 is 1. The highest BCUT2D eigenvalue weighted by Gasteiger charge is 2.03. The van der Waals surface area contributed by atoms with Crippen molar-refractivity contribution in [1.82, 2.24) is 0 Å². The Balaban J connectivity index is 2.96. The minimum absolute atomic E-state index is 0.340. The van der Waals surface area contributed by atoms with Crippen LogP contribution in [0.2, 0.25) is 0 Å². The fraction of sp³-hybridized carbons (Fsp3) is 0.364. The van der Waals surface area contributed by atoms with Crippen LogP contribution in [-0.4, -0.2) is 19.9 Å². The van der Waals surface area contributed by atoms with Gasteiger partial charge < -0.3 is 14.8 Å². The van der Waals surface area contributed by atoms with Crippen LogP contribution in [0.5, 0.6) is 5.75 Å². The molecule has 3 nitrogen and oxygen atoms in total. The zero-order valence-corrected chi connectivity index (χ0v) is 8.76. The van der Waals surface area contributed by atoms with Crippen LogP contribution in [0.1, 0.15) is 11.1 Å². The van der Waals surface area contributed by atoms with Crippen molar-refractivity contribution in [2.75, 3.05) is 19.0 Å². The molecule has 3 heteroatoms. The average molecular weight is 193 g/mol. The Labute approximate surface area is 84.1 Å². The summed E-state index contributed by atoms with van der Waals surface area (Å²) in [6, 6.07) is 3.94. The van der Waals surface area contributed by atoms with Crippen LogP contribution in [-0.2, 0) is 4.79 Å². The van der Waals surface area contributed by atoms with Crippen LogP contribution in [0.25, 0.3) is 0 Å². The quantitative estimate of drug-likeness (QED) is 0.742. The van der Waals surface area contributed by atoms with Gasteiger partial charge in [-0.15, -0.1) is 0 Å². The third-order valence-electron chi connectivity index (χ3n) is 2.12. The van der Waals surface area contributed by atoms with E-state index in [4.69, 9.17) is 4.74 Å². The molecule has 0 bridgehead atoms. The first-order valence-corrected chi connectivity index (χ1v) is 4.51. The molecule has 0 unspecified atom stereocenters. The molecule has 0 fully saturated rings. The molecule has 0 saturated heterocycles. The summed E-state index contributed by atoms with van der Waals surface area (Å²) in [6.45, 7) is 4.30. The Morgan fingerprint density at radius 1 is 1.36 bits per heavy atom. The summed E-state index contributed by atoms with van der Waals surface area (Å²) in [4.78, 5) is 10.2. The molecule has 0 aliphatic carbocycles. The molecule has 0 aliphatic rings. The summed E-state index contributed by atoms with van der Waals surface area (Å²) in [5.74, 6) is 0.874. The topological polar surface area (TPSA) is 38.3 Å². The van der Waals surface area contributed by atoms with E-state index in [9.17, 15) is 4.79 Å². The lowest BCUT2D eigenvalue weighted by Crippen LogP contribution is -2.04. The highest BCUT2D eigenvalue weighted by atomic mass is 16.5. The molecule has 14 heavy (non-hydrogen) atoms. The van der Waals surface area contributed by atoms with Gasteiger partial charge in [0.05, 0.1) is 13.7 Å². The predicted molar refractivity (Wildman–Crippen MR) is 57.0 cm³/mol. The maximum absolute atomic E-state index is 10.2. The number of anilines is 1. The molecule has 0 aromatic heterocycles. The van der Waals surface area contributed by atoms with Crippen molar-refractivity contribution in [2.24, 2.45) is 0 Å². The van der Waals surface area contributed by atoms with Crippen LogP contribution < -0.4 is 10.1 Å². The first kappa shape index (κ1) is 10.6. The minimum Gasteiger partial charge on any atom is -0.496 e. The zero-order valence-electron chi connectivity index (χ0n) is 8.76. The van der Waals surface area contributed by atoms with Crippen LogP contribution in [0.4, 0.5) is 5.69 Å². The van der Waals surface area contributed by atoms with E-state index in [0.29, 0.717) is 6.54 Å². The summed E-state index contributed by atoms with van der Waals surface area (Å²) in [5.41, 5.74) is 3.12. The summed E-state index contributed by atoms with van der Waals surface area (Å²) >= 11 is 0. The second-order valence-electron chi connectivity index (χ2n) is 3.18. The van der Waals surface area contributed by atoms with Crippen molar-refractivity contribution in [1.29, 1.82) is 0 Å². The second kappa shape index (κ2) is 4.65. The van der Waals surface area contributed by atoms with Gasteiger partial charge >= 0.3 is 0 Å². The second-order valence-corrected chi connectivity index (χ2v) is 3.18. The Morgan fingerprint density at radius 3 is 2.64 bits per heavy atom. The molecular weight excluding hydrogens is 178 g/mol. The lowest BCUT2D eigenvalue weighted by Gasteiger charge is -2.11. The number of nitrogens with one attached hydrogen (secondary N) is 1. The number of benzene rings is 1. The highest BCUT2D eigenvalue weighted by Crippen LogP contribution is 2.25. The molecule has 0 saturated carbocycles. The third-order valence-corrected chi connectivity index (χ3v) is 2.12. The van der Waals surface area contributed by atoms with Gasteiger partial charge in [0.1, 0.15) is 12.0 Å². The Hall–Kier alpha value is -1.51. The lowest BCUT2D eigenvalue weighted by atomic mass is 10.1. The number of rotatable bonds is 4. The Bertz CT molecular complexity index is 334. The number of carbonyl (C=O) groups is 1. The molecule has 0 spiro atoms. The van der Waals surface area contributed by atoms with E-state index in [1.165, 1.54) is 0 Å². The van der Waals surface area contributed by atoms with Crippen molar-refractivity contribution in [3.8, 4) is 5.75 Å². The number of hydrogen-bond donors (Lipinski definition) is 1. The van der Waals surface area contributed by atoms with Gasteiger partial charge in [0.15, 0.2) is 0 Å². The SMILES string of the molecule is COc1cc(C)c(NCC=O)cc1C. The summed E-state index contributed by atoms with van der Waals surface area (Å²) < 4.78 is 5.19. The molecule has 1 N–H and O–H groups in total. The fourth-order valence-electron chi connectivity index (χ4n) is 1.35. The largest absolute Gasteiger partial charge is 0.496 e. The molecular formula is C11H15NO2. The molecule has 0 aliphatic heterocycles. The number of carbonyl (C=O) groups excluding carboxylic acids is 1. The van der Waals surface area contributed by atoms with Crippen LogP contribution in [0, 0.1) is 13.8 Å². The predicted octanol–water partition coefficient (Wildman–Crippen LogP) is 1.92. The van der Waals surface area contributed by atoms with E-state index in [1.54, 1.807) is 7.11 Å². The molecule has 1 rings (SSSR count). The van der Waals surface area contributed by atoms with Gasteiger partial charge in [0, 0.05) is 5.69 Å². The van der Waals surface area contributed by atoms with Crippen molar-refractivity contribution < 1.29 is 9.53 Å². The van der Waals surface area contributed by atoms with Gasteiger partial charge in [-0.3, -0.25) is 0 Å². The maximum atomic E-state index is 10.2. The molecule has 76 valence electrons. The monoisotopic (exact) mass is 193 g/mol. The first-order chi connectivity index (χ1) is 6.69. The van der Waals surface area contributed by atoms with Gasteiger partial charge in [-0.25, -0.2) is 0 Å². The van der Waals surface area contributed by atoms with Gasteiger partial charge in [0.2, 0.25) is 0 Å². The molecule has 1 aromatic carbocycles. The van der Waals surface area contributed by atoms with Crippen molar-refractivity contribution >= 4 is 12.0 Å². The van der Waals surface area contributed by atoms with Crippen LogP contribution in [0.15, 0.2) is 12.1 Å². The summed E-state index contributed by atoms with van der Waals surface area (Å²) in [6.07, 6.45) is 0.846. The van der Waals surface area contributed by atoms with E-state index in [0.717, 1.165) is 28.8 Å². The minimum atomic E-state index is 0.340. The van der Waals surface area contributed by atoms with E-state index in [2.05, 4.69) is 5.32 Å². The zero-order chi connectivity index (χ0) is 10.6. The number of aryl methyl sites for hydroxylation is 2. The summed E-state index contributed by atoms with van der Waals surface area (Å²) in [7, 11) is 1.65. The van der Waals surface area contributed by atoms with Gasteiger partial charge in [-0.2, -0.15) is 0 Å². The molecule has 0 amide bonds. The van der Waals surface area contributed by atoms with E-state index in [1.807, 2.05) is 26.0 Å². The molecule has 0 atom stereocenters. The van der Waals surface area contributed by atoms with Gasteiger partial charge in [-0.05, 0) is 37.1 Å². The van der Waals surface area contributed by atoms with Crippen LogP contribution in [0.3, 0.4) is 0 Å². The van der Waals surface area contributed by atoms with Gasteiger partial charge in [0.25, 0.3) is 0 Å². The number of aldehydes is 1. The van der Waals surface area contributed by atoms with Crippen molar-refractivity contribution in [3.63, 3.8) is 0 Å².